The van der Waals surface area contributed by atoms with Crippen molar-refractivity contribution in [2.75, 3.05) is 43.2 Å². The van der Waals surface area contributed by atoms with Crippen molar-refractivity contribution >= 4 is 23.4 Å². The van der Waals surface area contributed by atoms with Gasteiger partial charge in [-0.2, -0.15) is 0 Å². The highest BCUT2D eigenvalue weighted by Gasteiger charge is 2.34. The van der Waals surface area contributed by atoms with Gasteiger partial charge in [0.05, 0.1) is 31.4 Å². The van der Waals surface area contributed by atoms with Gasteiger partial charge in [0.1, 0.15) is 11.6 Å². The average molecular weight is 601 g/mol. The first-order chi connectivity index (χ1) is 21.1. The molecule has 1 aliphatic carbocycles. The number of piperidine rings is 1. The van der Waals surface area contributed by atoms with Crippen molar-refractivity contribution in [3.63, 3.8) is 0 Å². The summed E-state index contributed by atoms with van der Waals surface area (Å²) >= 11 is 0. The van der Waals surface area contributed by atoms with Crippen molar-refractivity contribution in [3.05, 3.63) is 72.1 Å². The van der Waals surface area contributed by atoms with Crippen molar-refractivity contribution in [3.8, 4) is 11.6 Å². The van der Waals surface area contributed by atoms with Gasteiger partial charge in [-0.15, -0.1) is 0 Å². The second-order valence-electron chi connectivity index (χ2n) is 13.2. The first-order valence-corrected chi connectivity index (χ1v) is 15.6. The molecule has 3 heterocycles. The van der Waals surface area contributed by atoms with Gasteiger partial charge in [-0.05, 0) is 84.7 Å². The van der Waals surface area contributed by atoms with Gasteiger partial charge in [-0.25, -0.2) is 9.97 Å². The highest BCUT2D eigenvalue weighted by molar-refractivity contribution is 6.09. The number of methoxy groups -OCH3 is 1. The molecule has 1 saturated heterocycles. The zero-order valence-electron chi connectivity index (χ0n) is 26.2. The van der Waals surface area contributed by atoms with Crippen LogP contribution in [0.25, 0.3) is 0 Å². The smallest absolute Gasteiger partial charge is 0.303 e. The van der Waals surface area contributed by atoms with Crippen molar-refractivity contribution in [2.45, 2.75) is 58.8 Å². The molecular weight excluding hydrogens is 556 g/mol. The molecule has 2 fully saturated rings. The first-order valence-electron chi connectivity index (χ1n) is 15.6. The lowest BCUT2D eigenvalue weighted by molar-refractivity contribution is -0.137. The largest absolute Gasteiger partial charge is 0.497 e. The summed E-state index contributed by atoms with van der Waals surface area (Å²) in [5.74, 6) is 1.82. The molecule has 1 amide bonds. The molecule has 2 aromatic heterocycles. The SMILES string of the molecule is COc1ccc(C(=O)N(CC(C)(C)C)c2ccccn2)c(N2CCC(COc3cc(C(CC(=O)O)C4CC4)ccn3)CC2)c1. The Morgan fingerprint density at radius 3 is 2.43 bits per heavy atom. The highest BCUT2D eigenvalue weighted by Crippen LogP contribution is 2.45. The lowest BCUT2D eigenvalue weighted by Gasteiger charge is -2.36. The fourth-order valence-corrected chi connectivity index (χ4v) is 5.99. The van der Waals surface area contributed by atoms with Crippen LogP contribution < -0.4 is 19.3 Å². The third-order valence-corrected chi connectivity index (χ3v) is 8.43. The zero-order valence-corrected chi connectivity index (χ0v) is 26.2. The minimum Gasteiger partial charge on any atom is -0.497 e. The van der Waals surface area contributed by atoms with Gasteiger partial charge >= 0.3 is 5.97 Å². The van der Waals surface area contributed by atoms with E-state index in [1.165, 1.54) is 0 Å². The number of hydrogen-bond donors (Lipinski definition) is 1. The fraction of sp³-hybridized carbons (Fsp3) is 0.486. The number of rotatable bonds is 12. The van der Waals surface area contributed by atoms with Crippen LogP contribution >= 0.6 is 0 Å². The van der Waals surface area contributed by atoms with Crippen LogP contribution in [-0.4, -0.2) is 60.3 Å². The number of carboxylic acids is 1. The maximum Gasteiger partial charge on any atom is 0.303 e. The molecular formula is C35H44N4O5. The van der Waals surface area contributed by atoms with Crippen LogP contribution in [0.3, 0.4) is 0 Å². The molecule has 44 heavy (non-hydrogen) atoms. The zero-order chi connectivity index (χ0) is 31.3. The Kier molecular flexibility index (Phi) is 9.71. The summed E-state index contributed by atoms with van der Waals surface area (Å²) in [6, 6.07) is 15.1. The van der Waals surface area contributed by atoms with E-state index in [9.17, 15) is 14.7 Å². The first kappa shape index (κ1) is 31.3. The highest BCUT2D eigenvalue weighted by atomic mass is 16.5. The predicted octanol–water partition coefficient (Wildman–Crippen LogP) is 6.44. The summed E-state index contributed by atoms with van der Waals surface area (Å²) in [5, 5.41) is 9.39. The van der Waals surface area contributed by atoms with Gasteiger partial charge in [0.25, 0.3) is 5.91 Å². The molecule has 1 unspecified atom stereocenters. The van der Waals surface area contributed by atoms with Crippen LogP contribution in [0.2, 0.25) is 0 Å². The second kappa shape index (κ2) is 13.7. The van der Waals surface area contributed by atoms with Crippen molar-refractivity contribution < 1.29 is 24.2 Å². The van der Waals surface area contributed by atoms with E-state index in [1.807, 2.05) is 48.5 Å². The maximum atomic E-state index is 14.1. The van der Waals surface area contributed by atoms with Gasteiger partial charge in [-0.3, -0.25) is 14.5 Å². The van der Waals surface area contributed by atoms with E-state index in [4.69, 9.17) is 9.47 Å². The number of nitrogens with zero attached hydrogens (tertiary/aromatic N) is 4. The number of anilines is 2. The van der Waals surface area contributed by atoms with Gasteiger partial charge in [0, 0.05) is 44.2 Å². The van der Waals surface area contributed by atoms with E-state index in [0.29, 0.717) is 48.0 Å². The number of carboxylic acid groups (broad SMARTS) is 1. The molecule has 1 aliphatic heterocycles. The number of carbonyl (C=O) groups is 2. The molecule has 234 valence electrons. The summed E-state index contributed by atoms with van der Waals surface area (Å²) in [6.45, 7) is 8.98. The van der Waals surface area contributed by atoms with Gasteiger partial charge in [0.15, 0.2) is 0 Å². The molecule has 1 atom stereocenters. The van der Waals surface area contributed by atoms with Crippen molar-refractivity contribution in [1.29, 1.82) is 0 Å². The molecule has 0 radical (unpaired) electrons. The Hall–Kier alpha value is -4.14. The summed E-state index contributed by atoms with van der Waals surface area (Å²) in [4.78, 5) is 38.5. The van der Waals surface area contributed by atoms with Gasteiger partial charge < -0.3 is 19.5 Å². The summed E-state index contributed by atoms with van der Waals surface area (Å²) in [5.41, 5.74) is 2.36. The fourth-order valence-electron chi connectivity index (χ4n) is 5.99. The molecule has 9 heteroatoms. The maximum absolute atomic E-state index is 14.1. The third kappa shape index (κ3) is 8.07. The van der Waals surface area contributed by atoms with Crippen LogP contribution in [0.5, 0.6) is 11.6 Å². The molecule has 5 rings (SSSR count). The molecule has 1 saturated carbocycles. The number of ether oxygens (including phenoxy) is 2. The average Bonchev–Trinajstić information content (AvgIpc) is 3.87. The Labute approximate surface area is 260 Å². The molecule has 0 spiro atoms. The molecule has 9 nitrogen and oxygen atoms in total. The lowest BCUT2D eigenvalue weighted by Crippen LogP contribution is -2.40. The standard InChI is InChI=1S/C35H44N4O5/c1-35(2,3)23-39(31-7-5-6-15-36-31)34(42)28-11-10-27(43-4)20-30(28)38-17-13-24(14-18-38)22-44-32-19-26(12-16-37-32)29(21-33(40)41)25-8-9-25/h5-7,10-12,15-16,19-20,24-25,29H,8-9,13-14,17-18,21-23H2,1-4H3,(H,40,41). The van der Waals surface area contributed by atoms with E-state index < -0.39 is 5.97 Å². The lowest BCUT2D eigenvalue weighted by atomic mass is 9.92. The van der Waals surface area contributed by atoms with Crippen molar-refractivity contribution in [2.24, 2.45) is 17.3 Å². The number of amides is 1. The van der Waals surface area contributed by atoms with Crippen LogP contribution in [0.1, 0.15) is 74.7 Å². The Morgan fingerprint density at radius 2 is 1.80 bits per heavy atom. The minimum absolute atomic E-state index is 0.0119. The van der Waals surface area contributed by atoms with E-state index >= 15 is 0 Å². The molecule has 0 bridgehead atoms. The quantitative estimate of drug-likeness (QED) is 0.253. The number of aliphatic carboxylic acids is 1. The third-order valence-electron chi connectivity index (χ3n) is 8.43. The Balaban J connectivity index is 1.26. The predicted molar refractivity (Wildman–Crippen MR) is 171 cm³/mol. The van der Waals surface area contributed by atoms with Gasteiger partial charge in [0.2, 0.25) is 5.88 Å². The number of pyridine rings is 2. The molecule has 1 aromatic carbocycles. The molecule has 1 N–H and O–H groups in total. The van der Waals surface area contributed by atoms with E-state index in [-0.39, 0.29) is 23.7 Å². The molecule has 3 aromatic rings. The number of hydrogen-bond acceptors (Lipinski definition) is 7. The monoisotopic (exact) mass is 600 g/mol. The number of benzene rings is 1. The number of aromatic nitrogens is 2. The van der Waals surface area contributed by atoms with Crippen LogP contribution in [0, 0.1) is 17.3 Å². The summed E-state index contributed by atoms with van der Waals surface area (Å²) in [6.07, 6.45) is 7.53. The summed E-state index contributed by atoms with van der Waals surface area (Å²) < 4.78 is 11.7. The van der Waals surface area contributed by atoms with E-state index in [2.05, 4.69) is 35.6 Å². The minimum atomic E-state index is -0.771. The topological polar surface area (TPSA) is 105 Å². The van der Waals surface area contributed by atoms with Crippen LogP contribution in [0.15, 0.2) is 60.9 Å². The normalized spacial score (nSPS) is 16.3. The van der Waals surface area contributed by atoms with Crippen LogP contribution in [0.4, 0.5) is 11.5 Å². The van der Waals surface area contributed by atoms with E-state index in [1.54, 1.807) is 24.4 Å². The molecule has 2 aliphatic rings. The Bertz CT molecular complexity index is 1430. The van der Waals surface area contributed by atoms with Crippen molar-refractivity contribution in [1.82, 2.24) is 9.97 Å². The summed E-state index contributed by atoms with van der Waals surface area (Å²) in [7, 11) is 1.64. The van der Waals surface area contributed by atoms with Gasteiger partial charge in [-0.1, -0.05) is 26.8 Å². The second-order valence-corrected chi connectivity index (χ2v) is 13.2. The van der Waals surface area contributed by atoms with Crippen LogP contribution in [-0.2, 0) is 4.79 Å². The number of carbonyl (C=O) groups excluding carboxylic acids is 1. The Morgan fingerprint density at radius 1 is 1.02 bits per heavy atom. The van der Waals surface area contributed by atoms with E-state index in [0.717, 1.165) is 50.0 Å².